The molecule has 0 heterocycles. The average molecular weight is 497 g/mol. The summed E-state index contributed by atoms with van der Waals surface area (Å²) in [5, 5.41) is 22.5. The van der Waals surface area contributed by atoms with Crippen LogP contribution in [0.4, 0.5) is 0 Å². The van der Waals surface area contributed by atoms with Crippen LogP contribution in [-0.2, 0) is 6.61 Å². The van der Waals surface area contributed by atoms with Gasteiger partial charge in [0.15, 0.2) is 0 Å². The summed E-state index contributed by atoms with van der Waals surface area (Å²) in [6.07, 6.45) is -0.390. The maximum atomic E-state index is 11.7. The molecule has 0 aromatic heterocycles. The van der Waals surface area contributed by atoms with Crippen molar-refractivity contribution in [1.29, 1.82) is 0 Å². The Kier molecular flexibility index (Phi) is 8.49. The van der Waals surface area contributed by atoms with Gasteiger partial charge < -0.3 is 24.4 Å². The number of hydrogen-bond donors (Lipinski definition) is 2. The van der Waals surface area contributed by atoms with Crippen molar-refractivity contribution in [3.8, 4) is 23.0 Å². The number of methoxy groups -OCH3 is 2. The Morgan fingerprint density at radius 2 is 1.43 bits per heavy atom. The zero-order valence-electron chi connectivity index (χ0n) is 21.3. The van der Waals surface area contributed by atoms with E-state index in [0.29, 0.717) is 47.0 Å². The molecule has 5 nitrogen and oxygen atoms in total. The van der Waals surface area contributed by atoms with Crippen LogP contribution in [0.15, 0.2) is 97.1 Å². The third kappa shape index (κ3) is 6.13. The molecule has 0 aliphatic rings. The Balaban J connectivity index is 1.74. The van der Waals surface area contributed by atoms with Crippen molar-refractivity contribution in [1.82, 2.24) is 0 Å². The Morgan fingerprint density at radius 1 is 0.757 bits per heavy atom. The van der Waals surface area contributed by atoms with Crippen molar-refractivity contribution < 1.29 is 24.4 Å². The van der Waals surface area contributed by atoms with E-state index in [-0.39, 0.29) is 5.75 Å². The number of phenolic OH excluding ortho intramolecular Hbond substituents is 1. The Hall–Kier alpha value is -4.22. The van der Waals surface area contributed by atoms with Gasteiger partial charge in [-0.15, -0.1) is 0 Å². The summed E-state index contributed by atoms with van der Waals surface area (Å²) in [4.78, 5) is 0. The molecule has 4 aromatic carbocycles. The fourth-order valence-corrected chi connectivity index (χ4v) is 4.35. The predicted octanol–water partition coefficient (Wildman–Crippen LogP) is 7.04. The van der Waals surface area contributed by atoms with Gasteiger partial charge in [-0.2, -0.15) is 0 Å². The molecule has 0 bridgehead atoms. The fourth-order valence-electron chi connectivity index (χ4n) is 4.35. The molecule has 2 N–H and O–H groups in total. The lowest BCUT2D eigenvalue weighted by atomic mass is 9.86. The molecule has 4 rings (SSSR count). The maximum absolute atomic E-state index is 11.7. The quantitative estimate of drug-likeness (QED) is 0.230. The zero-order chi connectivity index (χ0) is 26.2. The van der Waals surface area contributed by atoms with Gasteiger partial charge in [0.05, 0.1) is 14.2 Å². The van der Waals surface area contributed by atoms with Crippen molar-refractivity contribution in [2.75, 3.05) is 14.2 Å². The summed E-state index contributed by atoms with van der Waals surface area (Å²) in [6.45, 7) is 2.47. The number of allylic oxidation sites excluding steroid dienone is 1. The number of benzene rings is 4. The second-order valence-corrected chi connectivity index (χ2v) is 8.61. The van der Waals surface area contributed by atoms with Gasteiger partial charge in [0, 0.05) is 5.56 Å². The van der Waals surface area contributed by atoms with Gasteiger partial charge in [0.25, 0.3) is 0 Å². The lowest BCUT2D eigenvalue weighted by Gasteiger charge is -2.22. The molecule has 0 saturated carbocycles. The van der Waals surface area contributed by atoms with Gasteiger partial charge in [-0.25, -0.2) is 0 Å². The molecule has 0 saturated heterocycles. The van der Waals surface area contributed by atoms with E-state index >= 15 is 0 Å². The number of rotatable bonds is 10. The SMILES string of the molecule is CC/C(=C(\c1cccc(OC)c1)C(O)c1ccc(OCc2ccccc2)cc1)c1cc(OC)ccc1O. The number of hydrogen-bond acceptors (Lipinski definition) is 5. The highest BCUT2D eigenvalue weighted by Crippen LogP contribution is 2.42. The molecule has 0 radical (unpaired) electrons. The van der Waals surface area contributed by atoms with E-state index in [0.717, 1.165) is 16.7 Å². The van der Waals surface area contributed by atoms with Crippen molar-refractivity contribution in [3.63, 3.8) is 0 Å². The molecule has 1 atom stereocenters. The molecule has 5 heteroatoms. The molecular formula is C32H32O5. The van der Waals surface area contributed by atoms with Gasteiger partial charge in [0.2, 0.25) is 0 Å². The third-order valence-corrected chi connectivity index (χ3v) is 6.31. The molecular weight excluding hydrogens is 464 g/mol. The van der Waals surface area contributed by atoms with Crippen molar-refractivity contribution in [3.05, 3.63) is 119 Å². The fraction of sp³-hybridized carbons (Fsp3) is 0.188. The van der Waals surface area contributed by atoms with Gasteiger partial charge in [-0.05, 0) is 76.7 Å². The first-order valence-electron chi connectivity index (χ1n) is 12.2. The predicted molar refractivity (Wildman–Crippen MR) is 147 cm³/mol. The minimum Gasteiger partial charge on any atom is -0.507 e. The van der Waals surface area contributed by atoms with Gasteiger partial charge in [-0.1, -0.05) is 61.5 Å². The highest BCUT2D eigenvalue weighted by atomic mass is 16.5. The first-order chi connectivity index (χ1) is 18.0. The second-order valence-electron chi connectivity index (χ2n) is 8.61. The molecule has 0 fully saturated rings. The highest BCUT2D eigenvalue weighted by Gasteiger charge is 2.23. The first kappa shape index (κ1) is 25.9. The smallest absolute Gasteiger partial charge is 0.123 e. The van der Waals surface area contributed by atoms with Crippen LogP contribution in [0.1, 0.15) is 41.7 Å². The summed E-state index contributed by atoms with van der Waals surface area (Å²) < 4.78 is 16.8. The normalized spacial score (nSPS) is 12.4. The van der Waals surface area contributed by atoms with E-state index in [9.17, 15) is 10.2 Å². The van der Waals surface area contributed by atoms with Crippen LogP contribution >= 0.6 is 0 Å². The monoisotopic (exact) mass is 496 g/mol. The Morgan fingerprint density at radius 3 is 2.11 bits per heavy atom. The van der Waals surface area contributed by atoms with Crippen LogP contribution in [0.2, 0.25) is 0 Å². The second kappa shape index (κ2) is 12.2. The largest absolute Gasteiger partial charge is 0.507 e. The molecule has 37 heavy (non-hydrogen) atoms. The molecule has 0 aliphatic carbocycles. The summed E-state index contributed by atoms with van der Waals surface area (Å²) in [6, 6.07) is 30.1. The van der Waals surface area contributed by atoms with Gasteiger partial charge in [-0.3, -0.25) is 0 Å². The van der Waals surface area contributed by atoms with E-state index in [1.54, 1.807) is 32.4 Å². The lowest BCUT2D eigenvalue weighted by Crippen LogP contribution is -2.05. The van der Waals surface area contributed by atoms with Crippen LogP contribution < -0.4 is 14.2 Å². The van der Waals surface area contributed by atoms with Crippen LogP contribution in [-0.4, -0.2) is 24.4 Å². The average Bonchev–Trinajstić information content (AvgIpc) is 2.95. The third-order valence-electron chi connectivity index (χ3n) is 6.31. The van der Waals surface area contributed by atoms with E-state index < -0.39 is 6.10 Å². The summed E-state index contributed by atoms with van der Waals surface area (Å²) in [5.74, 6) is 2.14. The Labute approximate surface area is 218 Å². The highest BCUT2D eigenvalue weighted by molar-refractivity contribution is 5.94. The number of phenols is 1. The van der Waals surface area contributed by atoms with Crippen LogP contribution in [0.25, 0.3) is 11.1 Å². The van der Waals surface area contributed by atoms with Gasteiger partial charge >= 0.3 is 0 Å². The molecule has 4 aromatic rings. The van der Waals surface area contributed by atoms with Crippen molar-refractivity contribution in [2.24, 2.45) is 0 Å². The topological polar surface area (TPSA) is 68.2 Å². The van der Waals surface area contributed by atoms with E-state index in [4.69, 9.17) is 14.2 Å². The zero-order valence-corrected chi connectivity index (χ0v) is 21.3. The summed E-state index contributed by atoms with van der Waals surface area (Å²) >= 11 is 0. The Bertz CT molecular complexity index is 1340. The number of aliphatic hydroxyl groups is 1. The van der Waals surface area contributed by atoms with Crippen molar-refractivity contribution in [2.45, 2.75) is 26.1 Å². The van der Waals surface area contributed by atoms with Crippen LogP contribution in [0.3, 0.4) is 0 Å². The van der Waals surface area contributed by atoms with Crippen molar-refractivity contribution >= 4 is 11.1 Å². The molecule has 0 spiro atoms. The standard InChI is InChI=1S/C32H32O5/c1-4-28(29-20-27(36-3)17-18-30(29)33)31(24-11-8-12-26(19-24)35-2)32(34)23-13-15-25(16-14-23)37-21-22-9-6-5-7-10-22/h5-20,32-34H,4,21H2,1-3H3/b31-28-. The molecule has 0 amide bonds. The van der Waals surface area contributed by atoms with Crippen LogP contribution in [0, 0.1) is 0 Å². The van der Waals surface area contributed by atoms with Gasteiger partial charge in [0.1, 0.15) is 35.7 Å². The lowest BCUT2D eigenvalue weighted by molar-refractivity contribution is 0.238. The number of ether oxygens (including phenoxy) is 3. The van der Waals surface area contributed by atoms with E-state index in [2.05, 4.69) is 0 Å². The molecule has 1 unspecified atom stereocenters. The minimum absolute atomic E-state index is 0.120. The maximum Gasteiger partial charge on any atom is 0.123 e. The molecule has 190 valence electrons. The first-order valence-corrected chi connectivity index (χ1v) is 12.2. The van der Waals surface area contributed by atoms with Crippen LogP contribution in [0.5, 0.6) is 23.0 Å². The summed E-state index contributed by atoms with van der Waals surface area (Å²) in [5.41, 5.74) is 4.69. The molecule has 0 aliphatic heterocycles. The van der Waals surface area contributed by atoms with E-state index in [1.807, 2.05) is 85.8 Å². The number of aromatic hydroxyl groups is 1. The van der Waals surface area contributed by atoms with E-state index in [1.165, 1.54) is 0 Å². The number of aliphatic hydroxyl groups excluding tert-OH is 1. The minimum atomic E-state index is -0.962. The summed E-state index contributed by atoms with van der Waals surface area (Å²) in [7, 11) is 3.20.